The number of hydrogen-bond donors (Lipinski definition) is 1. The third-order valence-electron chi connectivity index (χ3n) is 5.14. The van der Waals surface area contributed by atoms with Crippen molar-refractivity contribution in [1.82, 2.24) is 15.4 Å². The highest BCUT2D eigenvalue weighted by Gasteiger charge is 2.41. The Balaban J connectivity index is 1.41. The number of aromatic nitrogens is 1. The first kappa shape index (κ1) is 14.2. The minimum Gasteiger partial charge on any atom is -0.356 e. The summed E-state index contributed by atoms with van der Waals surface area (Å²) in [6.45, 7) is 2.18. The number of piperidine rings is 1. The van der Waals surface area contributed by atoms with Gasteiger partial charge in [0.1, 0.15) is 5.69 Å². The van der Waals surface area contributed by atoms with Gasteiger partial charge in [-0.1, -0.05) is 17.3 Å². The molecule has 1 aromatic carbocycles. The Morgan fingerprint density at radius 3 is 2.83 bits per heavy atom. The third kappa shape index (κ3) is 2.58. The van der Waals surface area contributed by atoms with E-state index >= 15 is 0 Å². The van der Waals surface area contributed by atoms with E-state index in [4.69, 9.17) is 4.52 Å². The van der Waals surface area contributed by atoms with Crippen molar-refractivity contribution < 1.29 is 14.1 Å². The summed E-state index contributed by atoms with van der Waals surface area (Å²) in [5.74, 6) is 0.218. The van der Waals surface area contributed by atoms with E-state index in [9.17, 15) is 9.59 Å². The number of amides is 2. The number of carbonyl (C=O) groups is 2. The number of rotatable bonds is 2. The van der Waals surface area contributed by atoms with Crippen LogP contribution >= 0.6 is 0 Å². The summed E-state index contributed by atoms with van der Waals surface area (Å²) in [5, 5.41) is 7.85. The van der Waals surface area contributed by atoms with Crippen LogP contribution in [0.3, 0.4) is 0 Å². The molecule has 3 heterocycles. The number of nitrogens with zero attached hydrogens (tertiary/aromatic N) is 2. The van der Waals surface area contributed by atoms with E-state index in [1.54, 1.807) is 0 Å². The van der Waals surface area contributed by atoms with Gasteiger partial charge in [-0.2, -0.15) is 0 Å². The molecule has 2 aliphatic heterocycles. The van der Waals surface area contributed by atoms with Gasteiger partial charge in [0.15, 0.2) is 5.58 Å². The standard InChI is InChI=1S/C17H19N3O3/c21-15-10-17(11-18-15)5-7-20(8-6-17)16(22)9-13-12-3-1-2-4-14(12)23-19-13/h1-4H,5-11H2,(H,18,21). The van der Waals surface area contributed by atoms with E-state index in [0.29, 0.717) is 30.8 Å². The number of nitrogens with one attached hydrogen (secondary N) is 1. The second kappa shape index (κ2) is 5.37. The van der Waals surface area contributed by atoms with Crippen LogP contribution in [0, 0.1) is 5.41 Å². The van der Waals surface area contributed by atoms with E-state index in [2.05, 4.69) is 10.5 Å². The highest BCUT2D eigenvalue weighted by molar-refractivity contribution is 5.86. The van der Waals surface area contributed by atoms with Crippen LogP contribution in [0.5, 0.6) is 0 Å². The number of likely N-dealkylation sites (tertiary alicyclic amines) is 1. The summed E-state index contributed by atoms with van der Waals surface area (Å²) >= 11 is 0. The molecule has 6 heteroatoms. The van der Waals surface area contributed by atoms with Crippen LogP contribution in [0.1, 0.15) is 25.0 Å². The minimum absolute atomic E-state index is 0.0639. The zero-order chi connectivity index (χ0) is 15.9. The molecule has 2 aromatic rings. The normalized spacial score (nSPS) is 20.2. The molecule has 4 rings (SSSR count). The second-order valence-electron chi connectivity index (χ2n) is 6.64. The van der Waals surface area contributed by atoms with Gasteiger partial charge in [0.2, 0.25) is 11.8 Å². The quantitative estimate of drug-likeness (QED) is 0.911. The van der Waals surface area contributed by atoms with Gasteiger partial charge < -0.3 is 14.7 Å². The summed E-state index contributed by atoms with van der Waals surface area (Å²) < 4.78 is 5.26. The molecule has 0 radical (unpaired) electrons. The molecule has 2 aliphatic rings. The molecule has 1 N–H and O–H groups in total. The van der Waals surface area contributed by atoms with Crippen molar-refractivity contribution in [3.63, 3.8) is 0 Å². The fourth-order valence-electron chi connectivity index (χ4n) is 3.66. The first-order valence-corrected chi connectivity index (χ1v) is 8.03. The van der Waals surface area contributed by atoms with Crippen LogP contribution < -0.4 is 5.32 Å². The summed E-state index contributed by atoms with van der Waals surface area (Å²) in [4.78, 5) is 25.9. The zero-order valence-electron chi connectivity index (χ0n) is 12.9. The lowest BCUT2D eigenvalue weighted by atomic mass is 9.77. The maximum atomic E-state index is 12.5. The Morgan fingerprint density at radius 1 is 1.30 bits per heavy atom. The SMILES string of the molecule is O=C1CC2(CCN(C(=O)Cc3noc4ccccc34)CC2)CN1. The van der Waals surface area contributed by atoms with Crippen LogP contribution in [0.2, 0.25) is 0 Å². The molecule has 0 bridgehead atoms. The summed E-state index contributed by atoms with van der Waals surface area (Å²) in [6, 6.07) is 7.59. The van der Waals surface area contributed by atoms with Crippen molar-refractivity contribution >= 4 is 22.8 Å². The maximum absolute atomic E-state index is 12.5. The van der Waals surface area contributed by atoms with E-state index < -0.39 is 0 Å². The van der Waals surface area contributed by atoms with Gasteiger partial charge in [-0.05, 0) is 30.4 Å². The number of para-hydroxylation sites is 1. The fourth-order valence-corrected chi connectivity index (χ4v) is 3.66. The number of benzene rings is 1. The van der Waals surface area contributed by atoms with Gasteiger partial charge >= 0.3 is 0 Å². The molecule has 2 amide bonds. The Morgan fingerprint density at radius 2 is 2.09 bits per heavy atom. The molecule has 1 aromatic heterocycles. The molecule has 0 aliphatic carbocycles. The van der Waals surface area contributed by atoms with Gasteiger partial charge in [0, 0.05) is 31.4 Å². The predicted molar refractivity (Wildman–Crippen MR) is 83.6 cm³/mol. The van der Waals surface area contributed by atoms with Gasteiger partial charge in [0.05, 0.1) is 6.42 Å². The number of fused-ring (bicyclic) bond motifs is 1. The molecule has 23 heavy (non-hydrogen) atoms. The average Bonchev–Trinajstić information content (AvgIpc) is 3.13. The van der Waals surface area contributed by atoms with Crippen LogP contribution in [-0.2, 0) is 16.0 Å². The molecule has 0 atom stereocenters. The van der Waals surface area contributed by atoms with Gasteiger partial charge in [-0.25, -0.2) is 0 Å². The molecule has 2 saturated heterocycles. The highest BCUT2D eigenvalue weighted by Crippen LogP contribution is 2.37. The molecular weight excluding hydrogens is 294 g/mol. The molecule has 120 valence electrons. The first-order valence-electron chi connectivity index (χ1n) is 8.03. The van der Waals surface area contributed by atoms with E-state index in [-0.39, 0.29) is 23.7 Å². The Labute approximate surface area is 133 Å². The highest BCUT2D eigenvalue weighted by atomic mass is 16.5. The number of hydrogen-bond acceptors (Lipinski definition) is 4. The first-order chi connectivity index (χ1) is 11.2. The van der Waals surface area contributed by atoms with Gasteiger partial charge in [-0.15, -0.1) is 0 Å². The van der Waals surface area contributed by atoms with Crippen molar-refractivity contribution in [3.05, 3.63) is 30.0 Å². The molecule has 2 fully saturated rings. The van der Waals surface area contributed by atoms with Crippen molar-refractivity contribution in [1.29, 1.82) is 0 Å². The molecule has 0 unspecified atom stereocenters. The largest absolute Gasteiger partial charge is 0.356 e. The van der Waals surface area contributed by atoms with Crippen LogP contribution in [0.25, 0.3) is 11.0 Å². The monoisotopic (exact) mass is 313 g/mol. The Kier molecular flexibility index (Phi) is 3.32. The molecule has 0 saturated carbocycles. The van der Waals surface area contributed by atoms with Crippen LogP contribution in [0.4, 0.5) is 0 Å². The summed E-state index contributed by atoms with van der Waals surface area (Å²) in [7, 11) is 0. The maximum Gasteiger partial charge on any atom is 0.228 e. The minimum atomic E-state index is 0.0639. The van der Waals surface area contributed by atoms with Crippen molar-refractivity contribution in [2.75, 3.05) is 19.6 Å². The van der Waals surface area contributed by atoms with Crippen molar-refractivity contribution in [2.45, 2.75) is 25.7 Å². The Bertz CT molecular complexity index is 759. The van der Waals surface area contributed by atoms with Gasteiger partial charge in [0.25, 0.3) is 0 Å². The number of carbonyl (C=O) groups excluding carboxylic acids is 2. The smallest absolute Gasteiger partial charge is 0.228 e. The van der Waals surface area contributed by atoms with E-state index in [1.807, 2.05) is 29.2 Å². The predicted octanol–water partition coefficient (Wildman–Crippen LogP) is 1.50. The molecular formula is C17H19N3O3. The molecule has 6 nitrogen and oxygen atoms in total. The second-order valence-corrected chi connectivity index (χ2v) is 6.64. The van der Waals surface area contributed by atoms with Crippen LogP contribution in [-0.4, -0.2) is 41.5 Å². The summed E-state index contributed by atoms with van der Waals surface area (Å²) in [6.07, 6.45) is 2.64. The van der Waals surface area contributed by atoms with Gasteiger partial charge in [-0.3, -0.25) is 9.59 Å². The molecule has 1 spiro atoms. The van der Waals surface area contributed by atoms with E-state index in [0.717, 1.165) is 24.8 Å². The fraction of sp³-hybridized carbons (Fsp3) is 0.471. The van der Waals surface area contributed by atoms with Crippen LogP contribution in [0.15, 0.2) is 28.8 Å². The summed E-state index contributed by atoms with van der Waals surface area (Å²) in [5.41, 5.74) is 1.47. The lowest BCUT2D eigenvalue weighted by molar-refractivity contribution is -0.132. The lowest BCUT2D eigenvalue weighted by Gasteiger charge is -2.38. The van der Waals surface area contributed by atoms with Crippen molar-refractivity contribution in [3.8, 4) is 0 Å². The zero-order valence-corrected chi connectivity index (χ0v) is 12.9. The third-order valence-corrected chi connectivity index (χ3v) is 5.14. The van der Waals surface area contributed by atoms with Crippen molar-refractivity contribution in [2.24, 2.45) is 5.41 Å². The topological polar surface area (TPSA) is 75.4 Å². The Hall–Kier alpha value is -2.37. The average molecular weight is 313 g/mol. The van der Waals surface area contributed by atoms with E-state index in [1.165, 1.54) is 0 Å². The lowest BCUT2D eigenvalue weighted by Crippen LogP contribution is -2.44.